The third kappa shape index (κ3) is 5.08. The van der Waals surface area contributed by atoms with E-state index in [4.69, 9.17) is 0 Å². The van der Waals surface area contributed by atoms with Gasteiger partial charge < -0.3 is 0 Å². The Hall–Kier alpha value is -4.16. The summed E-state index contributed by atoms with van der Waals surface area (Å²) in [4.78, 5) is 23.4. The number of nitro groups is 1. The first-order valence-corrected chi connectivity index (χ1v) is 12.1. The third-order valence-corrected chi connectivity index (χ3v) is 7.31. The molecule has 172 valence electrons. The second kappa shape index (κ2) is 9.77. The second-order valence-electron chi connectivity index (χ2n) is 6.93. The zero-order valence-electron chi connectivity index (χ0n) is 17.4. The Kier molecular flexibility index (Phi) is 6.61. The van der Waals surface area contributed by atoms with E-state index >= 15 is 0 Å². The maximum absolute atomic E-state index is 13.3. The number of nitro benzene ring substituents is 1. The molecular weight excluding hydrogens is 478 g/mol. The van der Waals surface area contributed by atoms with Crippen molar-refractivity contribution in [2.75, 3.05) is 16.2 Å². The van der Waals surface area contributed by atoms with Gasteiger partial charge in [-0.1, -0.05) is 65.9 Å². The van der Waals surface area contributed by atoms with Gasteiger partial charge in [0.05, 0.1) is 15.5 Å². The molecule has 1 aromatic heterocycles. The van der Waals surface area contributed by atoms with Crippen LogP contribution in [-0.4, -0.2) is 36.0 Å². The van der Waals surface area contributed by atoms with Crippen molar-refractivity contribution in [1.29, 1.82) is 0 Å². The van der Waals surface area contributed by atoms with Gasteiger partial charge in [0.2, 0.25) is 11.0 Å². The fourth-order valence-corrected chi connectivity index (χ4v) is 5.26. The quantitative estimate of drug-likeness (QED) is 0.289. The Morgan fingerprint density at radius 2 is 1.65 bits per heavy atom. The van der Waals surface area contributed by atoms with E-state index in [1.165, 1.54) is 30.3 Å². The zero-order valence-corrected chi connectivity index (χ0v) is 19.1. The van der Waals surface area contributed by atoms with E-state index in [0.29, 0.717) is 5.01 Å². The standard InChI is InChI=1S/C22H17N5O5S2/c28-20(23-22-25-24-21(33-22)16-8-3-1-4-9-16)15-26(17-10-7-11-18(14-17)27(29)30)34(31,32)19-12-5-2-6-13-19/h1-14H,15H2,(H,23,25,28). The highest BCUT2D eigenvalue weighted by atomic mass is 32.2. The van der Waals surface area contributed by atoms with Crippen LogP contribution in [0.2, 0.25) is 0 Å². The Morgan fingerprint density at radius 1 is 0.971 bits per heavy atom. The lowest BCUT2D eigenvalue weighted by atomic mass is 10.2. The summed E-state index contributed by atoms with van der Waals surface area (Å²) in [5, 5.41) is 22.6. The number of hydrogen-bond donors (Lipinski definition) is 1. The van der Waals surface area contributed by atoms with Gasteiger partial charge in [0.25, 0.3) is 15.7 Å². The fourth-order valence-electron chi connectivity index (χ4n) is 3.06. The van der Waals surface area contributed by atoms with E-state index in [0.717, 1.165) is 27.3 Å². The van der Waals surface area contributed by atoms with Crippen molar-refractivity contribution in [3.05, 3.63) is 95.0 Å². The van der Waals surface area contributed by atoms with Gasteiger partial charge in [-0.2, -0.15) is 0 Å². The van der Waals surface area contributed by atoms with Crippen LogP contribution in [0.1, 0.15) is 0 Å². The summed E-state index contributed by atoms with van der Waals surface area (Å²) < 4.78 is 27.5. The smallest absolute Gasteiger partial charge is 0.271 e. The number of hydrogen-bond acceptors (Lipinski definition) is 8. The maximum Gasteiger partial charge on any atom is 0.271 e. The van der Waals surface area contributed by atoms with Crippen molar-refractivity contribution < 1.29 is 18.1 Å². The molecule has 0 bridgehead atoms. The lowest BCUT2D eigenvalue weighted by molar-refractivity contribution is -0.384. The minimum Gasteiger partial charge on any atom is -0.299 e. The first-order chi connectivity index (χ1) is 16.3. The summed E-state index contributed by atoms with van der Waals surface area (Å²) in [6.07, 6.45) is 0. The summed E-state index contributed by atoms with van der Waals surface area (Å²) in [6.45, 7) is -0.626. The predicted octanol–water partition coefficient (Wildman–Crippen LogP) is 3.95. The minimum absolute atomic E-state index is 0.0181. The number of nitrogens with one attached hydrogen (secondary N) is 1. The van der Waals surface area contributed by atoms with Gasteiger partial charge in [-0.3, -0.25) is 24.5 Å². The molecule has 34 heavy (non-hydrogen) atoms. The summed E-state index contributed by atoms with van der Waals surface area (Å²) >= 11 is 1.14. The van der Waals surface area contributed by atoms with Gasteiger partial charge in [0.1, 0.15) is 11.6 Å². The van der Waals surface area contributed by atoms with Crippen molar-refractivity contribution >= 4 is 43.8 Å². The number of benzene rings is 3. The Labute approximate surface area is 198 Å². The number of nitrogens with zero attached hydrogens (tertiary/aromatic N) is 4. The molecule has 0 aliphatic carbocycles. The van der Waals surface area contributed by atoms with Crippen LogP contribution in [0.5, 0.6) is 0 Å². The largest absolute Gasteiger partial charge is 0.299 e. The van der Waals surface area contributed by atoms with Crippen LogP contribution in [0.15, 0.2) is 89.8 Å². The van der Waals surface area contributed by atoms with Crippen LogP contribution < -0.4 is 9.62 Å². The van der Waals surface area contributed by atoms with Crippen molar-refractivity contribution in [2.24, 2.45) is 0 Å². The number of amides is 1. The van der Waals surface area contributed by atoms with E-state index in [-0.39, 0.29) is 21.4 Å². The molecule has 1 heterocycles. The summed E-state index contributed by atoms with van der Waals surface area (Å²) in [6, 6.07) is 21.9. The molecular formula is C22H17N5O5S2. The number of non-ortho nitro benzene ring substituents is 1. The zero-order chi connectivity index (χ0) is 24.1. The third-order valence-electron chi connectivity index (χ3n) is 4.64. The van der Waals surface area contributed by atoms with E-state index in [1.54, 1.807) is 18.2 Å². The van der Waals surface area contributed by atoms with Crippen LogP contribution in [0.3, 0.4) is 0 Å². The molecule has 0 radical (unpaired) electrons. The van der Waals surface area contributed by atoms with Gasteiger partial charge in [0.15, 0.2) is 0 Å². The SMILES string of the molecule is O=C(CN(c1cccc([N+](=O)[O-])c1)S(=O)(=O)c1ccccc1)Nc1nnc(-c2ccccc2)s1. The molecule has 0 saturated heterocycles. The molecule has 1 amide bonds. The summed E-state index contributed by atoms with van der Waals surface area (Å²) in [7, 11) is -4.20. The van der Waals surface area contributed by atoms with Crippen LogP contribution in [-0.2, 0) is 14.8 Å². The number of aromatic nitrogens is 2. The molecule has 0 saturated carbocycles. The topological polar surface area (TPSA) is 135 Å². The van der Waals surface area contributed by atoms with Crippen molar-refractivity contribution in [3.63, 3.8) is 0 Å². The van der Waals surface area contributed by atoms with Crippen LogP contribution in [0.4, 0.5) is 16.5 Å². The monoisotopic (exact) mass is 495 g/mol. The minimum atomic E-state index is -4.20. The van der Waals surface area contributed by atoms with Crippen molar-refractivity contribution in [2.45, 2.75) is 4.90 Å². The molecule has 3 aromatic carbocycles. The average molecular weight is 496 g/mol. The Balaban J connectivity index is 1.62. The molecule has 0 unspecified atom stereocenters. The molecule has 0 aliphatic rings. The van der Waals surface area contributed by atoms with Crippen molar-refractivity contribution in [3.8, 4) is 10.6 Å². The van der Waals surface area contributed by atoms with Gasteiger partial charge in [0, 0.05) is 17.7 Å². The van der Waals surface area contributed by atoms with Gasteiger partial charge >= 0.3 is 0 Å². The lowest BCUT2D eigenvalue weighted by Gasteiger charge is -2.23. The van der Waals surface area contributed by atoms with Gasteiger partial charge in [-0.25, -0.2) is 8.42 Å². The van der Waals surface area contributed by atoms with E-state index < -0.39 is 27.4 Å². The fraction of sp³-hybridized carbons (Fsp3) is 0.0455. The Morgan fingerprint density at radius 3 is 2.32 bits per heavy atom. The van der Waals surface area contributed by atoms with Crippen LogP contribution >= 0.6 is 11.3 Å². The van der Waals surface area contributed by atoms with E-state index in [1.807, 2.05) is 30.3 Å². The van der Waals surface area contributed by atoms with Crippen LogP contribution in [0.25, 0.3) is 10.6 Å². The molecule has 4 aromatic rings. The first kappa shape index (κ1) is 23.0. The summed E-state index contributed by atoms with van der Waals surface area (Å²) in [5.41, 5.74) is 0.503. The molecule has 1 N–H and O–H groups in total. The lowest BCUT2D eigenvalue weighted by Crippen LogP contribution is -2.38. The van der Waals surface area contributed by atoms with E-state index in [9.17, 15) is 23.3 Å². The average Bonchev–Trinajstić information content (AvgIpc) is 3.32. The molecule has 0 fully saturated rings. The second-order valence-corrected chi connectivity index (χ2v) is 9.77. The number of rotatable bonds is 8. The molecule has 0 spiro atoms. The van der Waals surface area contributed by atoms with Gasteiger partial charge in [-0.15, -0.1) is 10.2 Å². The maximum atomic E-state index is 13.3. The highest BCUT2D eigenvalue weighted by Gasteiger charge is 2.28. The number of sulfonamides is 1. The normalized spacial score (nSPS) is 11.1. The molecule has 10 nitrogen and oxygen atoms in total. The highest BCUT2D eigenvalue weighted by molar-refractivity contribution is 7.92. The molecule has 12 heteroatoms. The molecule has 4 rings (SSSR count). The van der Waals surface area contributed by atoms with Crippen molar-refractivity contribution in [1.82, 2.24) is 10.2 Å². The van der Waals surface area contributed by atoms with Crippen LogP contribution in [0, 0.1) is 10.1 Å². The number of anilines is 2. The Bertz CT molecular complexity index is 1430. The highest BCUT2D eigenvalue weighted by Crippen LogP contribution is 2.28. The van der Waals surface area contributed by atoms with Gasteiger partial charge in [-0.05, 0) is 18.2 Å². The summed E-state index contributed by atoms with van der Waals surface area (Å²) in [5.74, 6) is -0.679. The first-order valence-electron chi connectivity index (χ1n) is 9.85. The van der Waals surface area contributed by atoms with E-state index in [2.05, 4.69) is 15.5 Å². The molecule has 0 aliphatic heterocycles. The predicted molar refractivity (Wildman–Crippen MR) is 128 cm³/mol. The number of carbonyl (C=O) groups excluding carboxylic acids is 1. The molecule has 0 atom stereocenters. The number of carbonyl (C=O) groups is 1.